The molecule has 0 bridgehead atoms. The number of aliphatic hydroxyl groups is 2. The van der Waals surface area contributed by atoms with E-state index in [2.05, 4.69) is 6.92 Å². The lowest BCUT2D eigenvalue weighted by Gasteiger charge is -2.21. The van der Waals surface area contributed by atoms with Crippen molar-refractivity contribution in [3.63, 3.8) is 0 Å². The summed E-state index contributed by atoms with van der Waals surface area (Å²) in [7, 11) is 0. The van der Waals surface area contributed by atoms with Gasteiger partial charge < -0.3 is 14.9 Å². The van der Waals surface area contributed by atoms with Crippen molar-refractivity contribution in [2.75, 3.05) is 13.2 Å². The summed E-state index contributed by atoms with van der Waals surface area (Å²) < 4.78 is 5.63. The van der Waals surface area contributed by atoms with Gasteiger partial charge in [-0.25, -0.2) is 0 Å². The van der Waals surface area contributed by atoms with Crippen LogP contribution in [-0.2, 0) is 4.74 Å². The lowest BCUT2D eigenvalue weighted by molar-refractivity contribution is 0.0289. The number of rotatable bonds is 4. The Bertz CT molecular complexity index is 120. The van der Waals surface area contributed by atoms with E-state index in [9.17, 15) is 0 Å². The molecule has 1 saturated carbocycles. The fourth-order valence-electron chi connectivity index (χ4n) is 1.52. The van der Waals surface area contributed by atoms with E-state index in [-0.39, 0.29) is 6.61 Å². The molecule has 0 saturated heterocycles. The fraction of sp³-hybridized carbons (Fsp3) is 1.00. The van der Waals surface area contributed by atoms with E-state index in [1.165, 1.54) is 39.0 Å². The van der Waals surface area contributed by atoms with Crippen LogP contribution in [0.2, 0.25) is 0 Å². The number of aliphatic hydroxyl groups excluding tert-OH is 2. The zero-order chi connectivity index (χ0) is 11.5. The van der Waals surface area contributed by atoms with Crippen LogP contribution in [0.5, 0.6) is 0 Å². The number of ether oxygens (including phenoxy) is 1. The van der Waals surface area contributed by atoms with Crippen LogP contribution in [0.1, 0.15) is 52.4 Å². The molecule has 0 radical (unpaired) electrons. The Hall–Kier alpha value is -0.120. The summed E-state index contributed by atoms with van der Waals surface area (Å²) >= 11 is 0. The molecule has 0 heterocycles. The molecule has 15 heavy (non-hydrogen) atoms. The molecule has 0 aromatic heterocycles. The summed E-state index contributed by atoms with van der Waals surface area (Å²) in [6, 6.07) is 0. The van der Waals surface area contributed by atoms with E-state index < -0.39 is 6.10 Å². The Kier molecular flexibility index (Phi) is 10.3. The first-order valence-corrected chi connectivity index (χ1v) is 6.11. The van der Waals surface area contributed by atoms with Crippen molar-refractivity contribution < 1.29 is 14.9 Å². The molecule has 3 heteroatoms. The highest BCUT2D eigenvalue weighted by atomic mass is 16.5. The Morgan fingerprint density at radius 2 is 1.80 bits per heavy atom. The Morgan fingerprint density at radius 1 is 1.27 bits per heavy atom. The van der Waals surface area contributed by atoms with E-state index in [4.69, 9.17) is 14.9 Å². The average Bonchev–Trinajstić information content (AvgIpc) is 2.28. The third kappa shape index (κ3) is 10.2. The van der Waals surface area contributed by atoms with Gasteiger partial charge in [-0.2, -0.15) is 0 Å². The molecule has 92 valence electrons. The lowest BCUT2D eigenvalue weighted by atomic mass is 9.98. The van der Waals surface area contributed by atoms with E-state index in [1.54, 1.807) is 0 Å². The second-order valence-corrected chi connectivity index (χ2v) is 4.16. The molecule has 1 rings (SSSR count). The third-order valence-corrected chi connectivity index (χ3v) is 2.37. The fourth-order valence-corrected chi connectivity index (χ4v) is 1.52. The predicted molar refractivity (Wildman–Crippen MR) is 61.9 cm³/mol. The zero-order valence-corrected chi connectivity index (χ0v) is 10.1. The second-order valence-electron chi connectivity index (χ2n) is 4.16. The molecule has 0 spiro atoms. The number of hydrogen-bond donors (Lipinski definition) is 2. The van der Waals surface area contributed by atoms with Crippen LogP contribution >= 0.6 is 0 Å². The summed E-state index contributed by atoms with van der Waals surface area (Å²) in [5.74, 6) is 0. The van der Waals surface area contributed by atoms with Crippen LogP contribution in [0.3, 0.4) is 0 Å². The minimum Gasteiger partial charge on any atom is -0.394 e. The Morgan fingerprint density at radius 3 is 2.20 bits per heavy atom. The minimum atomic E-state index is -0.560. The van der Waals surface area contributed by atoms with Gasteiger partial charge in [0.15, 0.2) is 0 Å². The van der Waals surface area contributed by atoms with Crippen molar-refractivity contribution in [2.45, 2.75) is 64.6 Å². The van der Waals surface area contributed by atoms with Gasteiger partial charge in [0.25, 0.3) is 0 Å². The highest BCUT2D eigenvalue weighted by molar-refractivity contribution is 4.64. The molecule has 1 unspecified atom stereocenters. The van der Waals surface area contributed by atoms with Crippen LogP contribution < -0.4 is 0 Å². The van der Waals surface area contributed by atoms with Crippen molar-refractivity contribution in [2.24, 2.45) is 0 Å². The van der Waals surface area contributed by atoms with Crippen LogP contribution in [0.15, 0.2) is 0 Å². The van der Waals surface area contributed by atoms with E-state index in [0.29, 0.717) is 6.10 Å². The van der Waals surface area contributed by atoms with Gasteiger partial charge in [-0.1, -0.05) is 26.2 Å². The van der Waals surface area contributed by atoms with Crippen LogP contribution in [0.25, 0.3) is 0 Å². The monoisotopic (exact) mass is 218 g/mol. The van der Waals surface area contributed by atoms with Gasteiger partial charge in [0.2, 0.25) is 0 Å². The quantitative estimate of drug-likeness (QED) is 0.760. The third-order valence-electron chi connectivity index (χ3n) is 2.37. The molecule has 1 aliphatic rings. The SMILES string of the molecule is CC(O)CO.CCCOC1CCCCC1. The molecule has 0 aromatic carbocycles. The van der Waals surface area contributed by atoms with Crippen molar-refractivity contribution in [1.29, 1.82) is 0 Å². The van der Waals surface area contributed by atoms with Gasteiger partial charge in [0, 0.05) is 6.61 Å². The van der Waals surface area contributed by atoms with E-state index in [1.807, 2.05) is 0 Å². The van der Waals surface area contributed by atoms with Gasteiger partial charge >= 0.3 is 0 Å². The average molecular weight is 218 g/mol. The van der Waals surface area contributed by atoms with Crippen molar-refractivity contribution in [3.8, 4) is 0 Å². The largest absolute Gasteiger partial charge is 0.394 e. The first-order chi connectivity index (χ1) is 7.20. The zero-order valence-electron chi connectivity index (χ0n) is 10.1. The van der Waals surface area contributed by atoms with Crippen molar-refractivity contribution in [3.05, 3.63) is 0 Å². The van der Waals surface area contributed by atoms with E-state index >= 15 is 0 Å². The second kappa shape index (κ2) is 10.4. The maximum atomic E-state index is 8.11. The Labute approximate surface area is 93.5 Å². The molecule has 1 atom stereocenters. The maximum Gasteiger partial charge on any atom is 0.0742 e. The molecular weight excluding hydrogens is 192 g/mol. The smallest absolute Gasteiger partial charge is 0.0742 e. The van der Waals surface area contributed by atoms with Crippen molar-refractivity contribution in [1.82, 2.24) is 0 Å². The maximum absolute atomic E-state index is 8.11. The van der Waals surface area contributed by atoms with Gasteiger partial charge in [0.05, 0.1) is 18.8 Å². The molecule has 1 fully saturated rings. The highest BCUT2D eigenvalue weighted by Crippen LogP contribution is 2.20. The standard InChI is InChI=1S/C9H18O.C3H8O2/c1-2-8-10-9-6-4-3-5-7-9;1-3(5)2-4/h9H,2-8H2,1H3;3-5H,2H2,1H3. The van der Waals surface area contributed by atoms with Crippen LogP contribution in [0, 0.1) is 0 Å². The van der Waals surface area contributed by atoms with Gasteiger partial charge in [-0.15, -0.1) is 0 Å². The molecule has 1 aliphatic carbocycles. The first-order valence-electron chi connectivity index (χ1n) is 6.11. The topological polar surface area (TPSA) is 49.7 Å². The summed E-state index contributed by atoms with van der Waals surface area (Å²) in [5.41, 5.74) is 0. The van der Waals surface area contributed by atoms with Gasteiger partial charge in [-0.3, -0.25) is 0 Å². The summed E-state index contributed by atoms with van der Waals surface area (Å²) in [4.78, 5) is 0. The van der Waals surface area contributed by atoms with E-state index in [0.717, 1.165) is 13.0 Å². The normalized spacial score (nSPS) is 19.2. The molecule has 0 amide bonds. The highest BCUT2D eigenvalue weighted by Gasteiger charge is 2.12. The minimum absolute atomic E-state index is 0.139. The lowest BCUT2D eigenvalue weighted by Crippen LogP contribution is -2.16. The molecule has 3 nitrogen and oxygen atoms in total. The predicted octanol–water partition coefficient (Wildman–Crippen LogP) is 2.11. The van der Waals surface area contributed by atoms with Crippen LogP contribution in [0.4, 0.5) is 0 Å². The van der Waals surface area contributed by atoms with Gasteiger partial charge in [-0.05, 0) is 26.2 Å². The molecule has 0 aromatic rings. The first kappa shape index (κ1) is 14.9. The molecule has 2 N–H and O–H groups in total. The number of hydrogen-bond acceptors (Lipinski definition) is 3. The van der Waals surface area contributed by atoms with Gasteiger partial charge in [0.1, 0.15) is 0 Å². The summed E-state index contributed by atoms with van der Waals surface area (Å²) in [5, 5.41) is 16.0. The van der Waals surface area contributed by atoms with Crippen LogP contribution in [-0.4, -0.2) is 35.6 Å². The Balaban J connectivity index is 0.000000336. The summed E-state index contributed by atoms with van der Waals surface area (Å²) in [6.45, 7) is 4.52. The molecule has 0 aliphatic heterocycles. The van der Waals surface area contributed by atoms with Crippen molar-refractivity contribution >= 4 is 0 Å². The summed E-state index contributed by atoms with van der Waals surface area (Å²) in [6.07, 6.45) is 8.01. The molecular formula is C12H26O3.